The largest absolute Gasteiger partial charge is 0.342 e. The number of amides is 2. The molecule has 0 aliphatic carbocycles. The topological polar surface area (TPSA) is 52.7 Å². The molecule has 5 nitrogen and oxygen atoms in total. The Kier molecular flexibility index (Phi) is 5.42. The lowest BCUT2D eigenvalue weighted by Crippen LogP contribution is -2.49. The highest BCUT2D eigenvalue weighted by Gasteiger charge is 2.28. The Bertz CT molecular complexity index is 598. The van der Waals surface area contributed by atoms with Crippen molar-refractivity contribution in [1.29, 1.82) is 0 Å². The average Bonchev–Trinajstić information content (AvgIpc) is 2.51. The van der Waals surface area contributed by atoms with Crippen molar-refractivity contribution >= 4 is 17.5 Å². The molecule has 1 aromatic carbocycles. The molecule has 126 valence electrons. The van der Waals surface area contributed by atoms with Gasteiger partial charge in [0.15, 0.2) is 0 Å². The molecule has 0 spiro atoms. The quantitative estimate of drug-likeness (QED) is 0.927. The lowest BCUT2D eigenvalue weighted by atomic mass is 9.96. The van der Waals surface area contributed by atoms with E-state index in [-0.39, 0.29) is 23.9 Å². The van der Waals surface area contributed by atoms with E-state index >= 15 is 0 Å². The molecule has 0 bridgehead atoms. The van der Waals surface area contributed by atoms with Crippen LogP contribution < -0.4 is 5.32 Å². The molecule has 1 N–H and O–H groups in total. The van der Waals surface area contributed by atoms with Crippen LogP contribution in [-0.2, 0) is 22.6 Å². The molecule has 0 radical (unpaired) electrons. The van der Waals surface area contributed by atoms with Gasteiger partial charge in [-0.25, -0.2) is 0 Å². The highest BCUT2D eigenvalue weighted by Crippen LogP contribution is 2.27. The van der Waals surface area contributed by atoms with Gasteiger partial charge in [-0.3, -0.25) is 14.5 Å². The normalized spacial score (nSPS) is 15.9. The predicted octanol–water partition coefficient (Wildman–Crippen LogP) is 2.26. The molecule has 1 aromatic rings. The Morgan fingerprint density at radius 3 is 2.57 bits per heavy atom. The minimum Gasteiger partial charge on any atom is -0.342 e. The van der Waals surface area contributed by atoms with Gasteiger partial charge in [0.2, 0.25) is 11.8 Å². The zero-order chi connectivity index (χ0) is 17.1. The van der Waals surface area contributed by atoms with E-state index in [0.717, 1.165) is 25.2 Å². The molecule has 1 aliphatic heterocycles. The summed E-state index contributed by atoms with van der Waals surface area (Å²) in [6.45, 7) is 9.11. The fourth-order valence-electron chi connectivity index (χ4n) is 2.97. The maximum absolute atomic E-state index is 12.5. The van der Waals surface area contributed by atoms with E-state index in [9.17, 15) is 9.59 Å². The van der Waals surface area contributed by atoms with Crippen molar-refractivity contribution in [3.05, 3.63) is 29.3 Å². The van der Waals surface area contributed by atoms with Gasteiger partial charge < -0.3 is 10.2 Å². The number of rotatable bonds is 4. The summed E-state index contributed by atoms with van der Waals surface area (Å²) in [6, 6.07) is 6.04. The van der Waals surface area contributed by atoms with Crippen LogP contribution in [0.5, 0.6) is 0 Å². The highest BCUT2D eigenvalue weighted by molar-refractivity contribution is 5.89. The van der Waals surface area contributed by atoms with Gasteiger partial charge in [-0.15, -0.1) is 0 Å². The number of fused-ring (bicyclic) bond motifs is 1. The maximum Gasteiger partial charge on any atom is 0.239 e. The van der Waals surface area contributed by atoms with Gasteiger partial charge >= 0.3 is 0 Å². The first-order valence-electron chi connectivity index (χ1n) is 8.20. The second-order valence-electron chi connectivity index (χ2n) is 6.56. The lowest BCUT2D eigenvalue weighted by Gasteiger charge is -2.36. The van der Waals surface area contributed by atoms with E-state index in [0.29, 0.717) is 0 Å². The van der Waals surface area contributed by atoms with Crippen molar-refractivity contribution in [1.82, 2.24) is 9.80 Å². The standard InChI is InChI=1S/C18H27N3O2/c1-12(2)20(5)18(23)13(3)21-10-9-16-15(11-21)7-6-8-17(16)19-14(4)22/h6-8,12-13H,9-11H2,1-5H3,(H,19,22). The smallest absolute Gasteiger partial charge is 0.239 e. The molecule has 0 saturated carbocycles. The lowest BCUT2D eigenvalue weighted by molar-refractivity contribution is -0.137. The Labute approximate surface area is 138 Å². The van der Waals surface area contributed by atoms with Crippen molar-refractivity contribution in [3.8, 4) is 0 Å². The summed E-state index contributed by atoms with van der Waals surface area (Å²) >= 11 is 0. The van der Waals surface area contributed by atoms with E-state index in [1.807, 2.05) is 40.0 Å². The molecule has 2 rings (SSSR count). The van der Waals surface area contributed by atoms with Crippen LogP contribution in [0.1, 0.15) is 38.8 Å². The summed E-state index contributed by atoms with van der Waals surface area (Å²) in [5, 5.41) is 2.90. The van der Waals surface area contributed by atoms with Gasteiger partial charge in [0.05, 0.1) is 6.04 Å². The van der Waals surface area contributed by atoms with Crippen molar-refractivity contribution in [2.75, 3.05) is 18.9 Å². The third-order valence-corrected chi connectivity index (χ3v) is 4.63. The number of carbonyl (C=O) groups is 2. The van der Waals surface area contributed by atoms with E-state index in [4.69, 9.17) is 0 Å². The molecule has 5 heteroatoms. The van der Waals surface area contributed by atoms with E-state index < -0.39 is 0 Å². The fraction of sp³-hybridized carbons (Fsp3) is 0.556. The van der Waals surface area contributed by atoms with E-state index in [1.54, 1.807) is 4.90 Å². The van der Waals surface area contributed by atoms with Crippen molar-refractivity contribution in [2.45, 2.75) is 52.7 Å². The van der Waals surface area contributed by atoms with Crippen LogP contribution in [0, 0.1) is 0 Å². The maximum atomic E-state index is 12.5. The first-order chi connectivity index (χ1) is 10.8. The number of benzene rings is 1. The van der Waals surface area contributed by atoms with Crippen LogP contribution in [0.3, 0.4) is 0 Å². The second-order valence-corrected chi connectivity index (χ2v) is 6.56. The minimum atomic E-state index is -0.139. The number of hydrogen-bond acceptors (Lipinski definition) is 3. The number of likely N-dealkylation sites (N-methyl/N-ethyl adjacent to an activating group) is 1. The van der Waals surface area contributed by atoms with E-state index in [2.05, 4.69) is 16.3 Å². The van der Waals surface area contributed by atoms with Crippen molar-refractivity contribution in [3.63, 3.8) is 0 Å². The number of nitrogens with zero attached hydrogens (tertiary/aromatic N) is 2. The Balaban J connectivity index is 2.14. The monoisotopic (exact) mass is 317 g/mol. The highest BCUT2D eigenvalue weighted by atomic mass is 16.2. The van der Waals surface area contributed by atoms with Crippen LogP contribution in [0.25, 0.3) is 0 Å². The molecule has 0 saturated heterocycles. The number of anilines is 1. The molecule has 23 heavy (non-hydrogen) atoms. The Morgan fingerprint density at radius 2 is 1.96 bits per heavy atom. The van der Waals surface area contributed by atoms with Gasteiger partial charge in [0, 0.05) is 38.8 Å². The molecular formula is C18H27N3O2. The molecule has 0 fully saturated rings. The van der Waals surface area contributed by atoms with Gasteiger partial charge in [-0.2, -0.15) is 0 Å². The van der Waals surface area contributed by atoms with Gasteiger partial charge in [-0.1, -0.05) is 12.1 Å². The predicted molar refractivity (Wildman–Crippen MR) is 92.2 cm³/mol. The Hall–Kier alpha value is -1.88. The van der Waals surface area contributed by atoms with Gasteiger partial charge in [0.25, 0.3) is 0 Å². The number of hydrogen-bond donors (Lipinski definition) is 1. The Morgan fingerprint density at radius 1 is 1.26 bits per heavy atom. The minimum absolute atomic E-state index is 0.0528. The van der Waals surface area contributed by atoms with Crippen LogP contribution in [0.2, 0.25) is 0 Å². The number of carbonyl (C=O) groups excluding carboxylic acids is 2. The molecule has 2 amide bonds. The summed E-state index contributed by atoms with van der Waals surface area (Å²) in [5.41, 5.74) is 3.28. The van der Waals surface area contributed by atoms with Crippen LogP contribution >= 0.6 is 0 Å². The average molecular weight is 317 g/mol. The summed E-state index contributed by atoms with van der Waals surface area (Å²) in [7, 11) is 1.86. The van der Waals surface area contributed by atoms with Crippen molar-refractivity contribution < 1.29 is 9.59 Å². The molecule has 1 aliphatic rings. The first-order valence-corrected chi connectivity index (χ1v) is 8.20. The summed E-state index contributed by atoms with van der Waals surface area (Å²) in [5.74, 6) is 0.101. The van der Waals surface area contributed by atoms with Crippen LogP contribution in [-0.4, -0.2) is 47.3 Å². The zero-order valence-electron chi connectivity index (χ0n) is 14.7. The van der Waals surface area contributed by atoms with E-state index in [1.165, 1.54) is 18.1 Å². The molecule has 1 heterocycles. The SMILES string of the molecule is CC(=O)Nc1cccc2c1CCN(C(C)C(=O)N(C)C(C)C)C2. The van der Waals surface area contributed by atoms with Gasteiger partial charge in [-0.05, 0) is 44.4 Å². The summed E-state index contributed by atoms with van der Waals surface area (Å²) in [4.78, 5) is 27.9. The molecular weight excluding hydrogens is 290 g/mol. The molecule has 0 aromatic heterocycles. The van der Waals surface area contributed by atoms with Gasteiger partial charge in [0.1, 0.15) is 0 Å². The van der Waals surface area contributed by atoms with Crippen LogP contribution in [0.4, 0.5) is 5.69 Å². The summed E-state index contributed by atoms with van der Waals surface area (Å²) < 4.78 is 0. The molecule has 1 atom stereocenters. The number of nitrogens with one attached hydrogen (secondary N) is 1. The second kappa shape index (κ2) is 7.13. The fourth-order valence-corrected chi connectivity index (χ4v) is 2.97. The zero-order valence-corrected chi connectivity index (χ0v) is 14.7. The third kappa shape index (κ3) is 3.91. The first kappa shape index (κ1) is 17.5. The van der Waals surface area contributed by atoms with Crippen LogP contribution in [0.15, 0.2) is 18.2 Å². The van der Waals surface area contributed by atoms with Crippen molar-refractivity contribution in [2.24, 2.45) is 0 Å². The summed E-state index contributed by atoms with van der Waals surface area (Å²) in [6.07, 6.45) is 0.842. The molecule has 1 unspecified atom stereocenters. The third-order valence-electron chi connectivity index (χ3n) is 4.63.